The van der Waals surface area contributed by atoms with Crippen LogP contribution in [-0.4, -0.2) is 59.2 Å². The van der Waals surface area contributed by atoms with Crippen LogP contribution < -0.4 is 0 Å². The van der Waals surface area contributed by atoms with Gasteiger partial charge in [-0.1, -0.05) is 62.4 Å². The first kappa shape index (κ1) is 27.0. The maximum atomic E-state index is 13.4. The van der Waals surface area contributed by atoms with E-state index in [1.54, 1.807) is 18.3 Å². The highest BCUT2D eigenvalue weighted by Gasteiger charge is 2.69. The molecule has 2 fully saturated rings. The Labute approximate surface area is 234 Å². The number of nitrogens with one attached hydrogen (secondary N) is 1. The van der Waals surface area contributed by atoms with E-state index < -0.39 is 48.1 Å². The number of aliphatic hydroxyl groups excluding tert-OH is 1. The third-order valence-electron chi connectivity index (χ3n) is 9.54. The van der Waals surface area contributed by atoms with E-state index in [4.69, 9.17) is 18.9 Å². The van der Waals surface area contributed by atoms with Crippen LogP contribution >= 0.6 is 0 Å². The van der Waals surface area contributed by atoms with Crippen molar-refractivity contribution in [2.75, 3.05) is 7.11 Å². The largest absolute Gasteiger partial charge is 0.455 e. The predicted octanol–water partition coefficient (Wildman–Crippen LogP) is 4.39. The van der Waals surface area contributed by atoms with Gasteiger partial charge in [-0.3, -0.25) is 0 Å². The predicted molar refractivity (Wildman–Crippen MR) is 146 cm³/mol. The Hall–Kier alpha value is -3.20. The van der Waals surface area contributed by atoms with Gasteiger partial charge < -0.3 is 29.0 Å². The van der Waals surface area contributed by atoms with Crippen molar-refractivity contribution < 1.29 is 33.6 Å². The van der Waals surface area contributed by atoms with Crippen LogP contribution in [0, 0.1) is 29.6 Å². The molecule has 1 saturated carbocycles. The quantitative estimate of drug-likeness (QED) is 0.432. The standard InChI is InChI=1S/C32H37NO7/c1-17-15-18(2)32-21(16-24(37-4)31(36)38-27(17)20-9-6-5-7-10-20)12-13-22-25(32)26(34)19(3)28(29(22)40-32)39-30(35)23-11-8-14-33-23/h5-15,17,19,21-22,24-29,33-34H,16H2,1-4H3/b18-15+/t17-,19-,21-,22-,24+,25+,26-,27+,28-,29-,32+/m1/s1. The fourth-order valence-corrected chi connectivity index (χ4v) is 7.60. The molecule has 2 aliphatic carbocycles. The molecule has 2 N–H and O–H groups in total. The molecule has 8 nitrogen and oxygen atoms in total. The summed E-state index contributed by atoms with van der Waals surface area (Å²) in [6, 6.07) is 13.1. The third-order valence-corrected chi connectivity index (χ3v) is 9.54. The minimum absolute atomic E-state index is 0.150. The van der Waals surface area contributed by atoms with Crippen LogP contribution in [0.2, 0.25) is 0 Å². The van der Waals surface area contributed by atoms with Gasteiger partial charge in [0.1, 0.15) is 29.6 Å². The first-order valence-corrected chi connectivity index (χ1v) is 14.1. The summed E-state index contributed by atoms with van der Waals surface area (Å²) in [4.78, 5) is 29.3. The lowest BCUT2D eigenvalue weighted by Gasteiger charge is -2.48. The van der Waals surface area contributed by atoms with Crippen LogP contribution in [0.15, 0.2) is 72.5 Å². The highest BCUT2D eigenvalue weighted by Crippen LogP contribution is 2.61. The maximum absolute atomic E-state index is 13.4. The molecular weight excluding hydrogens is 510 g/mol. The Balaban J connectivity index is 1.42. The van der Waals surface area contributed by atoms with Crippen molar-refractivity contribution in [3.63, 3.8) is 0 Å². The zero-order valence-electron chi connectivity index (χ0n) is 23.2. The molecule has 11 atom stereocenters. The summed E-state index contributed by atoms with van der Waals surface area (Å²) in [5.41, 5.74) is 1.33. The van der Waals surface area contributed by atoms with Crippen LogP contribution in [0.1, 0.15) is 49.3 Å². The van der Waals surface area contributed by atoms with E-state index in [0.29, 0.717) is 12.1 Å². The van der Waals surface area contributed by atoms with Crippen molar-refractivity contribution in [1.82, 2.24) is 4.98 Å². The topological polar surface area (TPSA) is 107 Å². The molecule has 1 aromatic heterocycles. The number of esters is 2. The number of methoxy groups -OCH3 is 1. The molecular formula is C32H37NO7. The fraction of sp³-hybridized carbons (Fsp3) is 0.500. The Bertz CT molecular complexity index is 1300. The third kappa shape index (κ3) is 4.16. The van der Waals surface area contributed by atoms with E-state index in [1.165, 1.54) is 7.11 Å². The van der Waals surface area contributed by atoms with Crippen LogP contribution in [-0.2, 0) is 23.7 Å². The van der Waals surface area contributed by atoms with Crippen molar-refractivity contribution in [2.45, 2.75) is 63.3 Å². The zero-order chi connectivity index (χ0) is 28.2. The fourth-order valence-electron chi connectivity index (χ4n) is 7.60. The molecule has 3 heterocycles. The smallest absolute Gasteiger partial charge is 0.355 e. The number of H-pyrrole nitrogens is 1. The van der Waals surface area contributed by atoms with E-state index in [1.807, 2.05) is 51.1 Å². The van der Waals surface area contributed by atoms with Gasteiger partial charge in [-0.25, -0.2) is 9.59 Å². The van der Waals surface area contributed by atoms with E-state index in [-0.39, 0.29) is 29.6 Å². The molecule has 40 heavy (non-hydrogen) atoms. The maximum Gasteiger partial charge on any atom is 0.355 e. The molecule has 8 heteroatoms. The lowest BCUT2D eigenvalue weighted by molar-refractivity contribution is -0.166. The monoisotopic (exact) mass is 547 g/mol. The second kappa shape index (κ2) is 10.3. The number of aromatic nitrogens is 1. The summed E-state index contributed by atoms with van der Waals surface area (Å²) < 4.78 is 24.8. The van der Waals surface area contributed by atoms with Gasteiger partial charge in [-0.05, 0) is 36.6 Å². The zero-order valence-corrected chi connectivity index (χ0v) is 23.2. The molecule has 1 aromatic carbocycles. The van der Waals surface area contributed by atoms with E-state index in [0.717, 1.165) is 11.1 Å². The van der Waals surface area contributed by atoms with Gasteiger partial charge in [0, 0.05) is 42.9 Å². The average Bonchev–Trinajstić information content (AvgIpc) is 3.56. The Morgan fingerprint density at radius 1 is 1.12 bits per heavy atom. The molecule has 2 aliphatic heterocycles. The molecule has 1 saturated heterocycles. The number of ether oxygens (including phenoxy) is 4. The molecule has 0 unspecified atom stereocenters. The van der Waals surface area contributed by atoms with Crippen LogP contribution in [0.5, 0.6) is 0 Å². The first-order chi connectivity index (χ1) is 19.3. The number of aliphatic hydroxyl groups is 1. The number of rotatable bonds is 4. The van der Waals surface area contributed by atoms with Crippen LogP contribution in [0.3, 0.4) is 0 Å². The number of carbonyl (C=O) groups is 2. The highest BCUT2D eigenvalue weighted by atomic mass is 16.6. The molecule has 0 amide bonds. The second-order valence-corrected chi connectivity index (χ2v) is 11.7. The summed E-state index contributed by atoms with van der Waals surface area (Å²) in [7, 11) is 1.52. The Morgan fingerprint density at radius 2 is 1.90 bits per heavy atom. The van der Waals surface area contributed by atoms with Gasteiger partial charge in [0.05, 0.1) is 6.10 Å². The number of hydrogen-bond donors (Lipinski definition) is 2. The summed E-state index contributed by atoms with van der Waals surface area (Å²) in [6.45, 7) is 5.99. The second-order valence-electron chi connectivity index (χ2n) is 11.7. The molecule has 4 bridgehead atoms. The Kier molecular flexibility index (Phi) is 6.97. The van der Waals surface area contributed by atoms with Gasteiger partial charge in [0.15, 0.2) is 6.10 Å². The molecule has 212 valence electrons. The number of cyclic esters (lactones) is 1. The summed E-state index contributed by atoms with van der Waals surface area (Å²) in [6.07, 6.45) is 5.09. The molecule has 1 spiro atoms. The first-order valence-electron chi connectivity index (χ1n) is 14.1. The molecule has 2 aromatic rings. The number of hydrogen-bond acceptors (Lipinski definition) is 7. The number of carbonyl (C=O) groups excluding carboxylic acids is 2. The van der Waals surface area contributed by atoms with Crippen molar-refractivity contribution >= 4 is 11.9 Å². The van der Waals surface area contributed by atoms with Gasteiger partial charge >= 0.3 is 11.9 Å². The lowest BCUT2D eigenvalue weighted by atomic mass is 9.57. The van der Waals surface area contributed by atoms with Gasteiger partial charge in [0.2, 0.25) is 0 Å². The van der Waals surface area contributed by atoms with Crippen molar-refractivity contribution in [3.8, 4) is 0 Å². The SMILES string of the molecule is CO[C@H]1C[C@H]2C=C[C@H]3[C@H]4O[C@]2(/C(C)=C/[C@@H](C)[C@@H](c2ccccc2)OC1=O)[C@@H]3[C@H](O)[C@@H](C)[C@H]4OC(=O)c1ccc[nH]1. The summed E-state index contributed by atoms with van der Waals surface area (Å²) in [5, 5.41) is 11.8. The van der Waals surface area contributed by atoms with E-state index >= 15 is 0 Å². The summed E-state index contributed by atoms with van der Waals surface area (Å²) >= 11 is 0. The van der Waals surface area contributed by atoms with Crippen molar-refractivity contribution in [3.05, 3.63) is 83.7 Å². The summed E-state index contributed by atoms with van der Waals surface area (Å²) in [5.74, 6) is -2.10. The lowest BCUT2D eigenvalue weighted by Crippen LogP contribution is -2.57. The number of benzene rings is 1. The molecule has 0 radical (unpaired) electrons. The van der Waals surface area contributed by atoms with Crippen LogP contribution in [0.25, 0.3) is 0 Å². The highest BCUT2D eigenvalue weighted by molar-refractivity contribution is 5.87. The van der Waals surface area contributed by atoms with Gasteiger partial charge in [-0.2, -0.15) is 0 Å². The normalized spacial score (nSPS) is 41.8. The van der Waals surface area contributed by atoms with E-state index in [2.05, 4.69) is 23.2 Å². The minimum Gasteiger partial charge on any atom is -0.455 e. The minimum atomic E-state index is -0.894. The molecule has 4 aliphatic rings. The van der Waals surface area contributed by atoms with Crippen molar-refractivity contribution in [2.24, 2.45) is 29.6 Å². The van der Waals surface area contributed by atoms with Crippen molar-refractivity contribution in [1.29, 1.82) is 0 Å². The average molecular weight is 548 g/mol. The Morgan fingerprint density at radius 3 is 2.60 bits per heavy atom. The van der Waals surface area contributed by atoms with E-state index in [9.17, 15) is 14.7 Å². The van der Waals surface area contributed by atoms with Gasteiger partial charge in [-0.15, -0.1) is 0 Å². The number of aromatic amines is 1. The van der Waals surface area contributed by atoms with Gasteiger partial charge in [0.25, 0.3) is 0 Å². The molecule has 6 rings (SSSR count). The van der Waals surface area contributed by atoms with Crippen LogP contribution in [0.4, 0.5) is 0 Å².